The molecule has 0 saturated carbocycles. The van der Waals surface area contributed by atoms with Crippen molar-refractivity contribution in [3.63, 3.8) is 0 Å². The molecule has 1 heterocycles. The molecular formula is C22H20Cl2IN5O6S. The van der Waals surface area contributed by atoms with Crippen molar-refractivity contribution in [3.8, 4) is 17.2 Å². The highest BCUT2D eigenvalue weighted by atomic mass is 127. The average Bonchev–Trinajstić information content (AvgIpc) is 3.29. The van der Waals surface area contributed by atoms with E-state index in [1.165, 1.54) is 6.21 Å². The van der Waals surface area contributed by atoms with Crippen molar-refractivity contribution in [2.24, 2.45) is 10.8 Å². The topological polar surface area (TPSA) is 151 Å². The van der Waals surface area contributed by atoms with Gasteiger partial charge in [-0.1, -0.05) is 35.0 Å². The highest BCUT2D eigenvalue weighted by Gasteiger charge is 2.14. The number of thioether (sulfide) groups is 1. The molecule has 0 spiro atoms. The SMILES string of the molecule is CCOc1cc(/C=N\NC(=O)CSc2nnc(COc3ccc(Cl)cc3Cl)o2)cc(I)c1OCC(N)=O. The van der Waals surface area contributed by atoms with Gasteiger partial charge < -0.3 is 24.4 Å². The Labute approximate surface area is 239 Å². The number of benzene rings is 2. The summed E-state index contributed by atoms with van der Waals surface area (Å²) in [5.41, 5.74) is 8.22. The first-order valence-electron chi connectivity index (χ1n) is 10.5. The number of nitrogens with one attached hydrogen (secondary N) is 1. The summed E-state index contributed by atoms with van der Waals surface area (Å²) in [6.45, 7) is 1.93. The standard InChI is InChI=1S/C22H20Cl2IN5O6S/c1-2-33-17-6-12(5-15(25)21(17)35-9-18(26)31)8-27-28-19(32)11-37-22-30-29-20(36-22)10-34-16-4-3-13(23)7-14(16)24/h3-8H,2,9-11H2,1H3,(H2,26,31)(H,28,32)/b27-8-. The number of rotatable bonds is 13. The van der Waals surface area contributed by atoms with E-state index in [-0.39, 0.29) is 36.0 Å². The molecule has 0 unspecified atom stereocenters. The normalized spacial score (nSPS) is 10.9. The van der Waals surface area contributed by atoms with Gasteiger partial charge in [-0.15, -0.1) is 10.2 Å². The third-order valence-electron chi connectivity index (χ3n) is 4.11. The maximum atomic E-state index is 12.2. The Morgan fingerprint density at radius 3 is 2.73 bits per heavy atom. The highest BCUT2D eigenvalue weighted by Crippen LogP contribution is 2.34. The molecule has 37 heavy (non-hydrogen) atoms. The average molecular weight is 680 g/mol. The summed E-state index contributed by atoms with van der Waals surface area (Å²) >= 11 is 15.0. The fourth-order valence-corrected chi connectivity index (χ4v) is 4.45. The van der Waals surface area contributed by atoms with E-state index < -0.39 is 5.91 Å². The lowest BCUT2D eigenvalue weighted by atomic mass is 10.2. The Kier molecular flexibility index (Phi) is 11.1. The van der Waals surface area contributed by atoms with Crippen LogP contribution in [-0.4, -0.2) is 47.2 Å². The summed E-state index contributed by atoms with van der Waals surface area (Å²) < 4.78 is 22.7. The molecule has 0 aliphatic rings. The molecule has 0 saturated heterocycles. The summed E-state index contributed by atoms with van der Waals surface area (Å²) in [5.74, 6) is 0.475. The van der Waals surface area contributed by atoms with Crippen molar-refractivity contribution in [1.29, 1.82) is 0 Å². The molecule has 0 fully saturated rings. The third-order valence-corrected chi connectivity index (χ3v) is 6.26. The Bertz CT molecular complexity index is 1290. The van der Waals surface area contributed by atoms with Crippen LogP contribution in [-0.2, 0) is 16.2 Å². The maximum Gasteiger partial charge on any atom is 0.277 e. The Morgan fingerprint density at radius 2 is 2.00 bits per heavy atom. The number of hydrazone groups is 1. The summed E-state index contributed by atoms with van der Waals surface area (Å²) in [6, 6.07) is 8.26. The predicted octanol–water partition coefficient (Wildman–Crippen LogP) is 4.07. The molecule has 0 bridgehead atoms. The minimum atomic E-state index is -0.600. The molecule has 0 radical (unpaired) electrons. The van der Waals surface area contributed by atoms with Gasteiger partial charge >= 0.3 is 0 Å². The second kappa shape index (κ2) is 14.3. The molecule has 0 aliphatic heterocycles. The fourth-order valence-electron chi connectivity index (χ4n) is 2.63. The molecule has 11 nitrogen and oxygen atoms in total. The van der Waals surface area contributed by atoms with Gasteiger partial charge in [0.1, 0.15) is 5.75 Å². The number of carbonyl (C=O) groups excluding carboxylic acids is 2. The van der Waals surface area contributed by atoms with Gasteiger partial charge in [0.15, 0.2) is 24.7 Å². The number of nitrogens with two attached hydrogens (primary N) is 1. The van der Waals surface area contributed by atoms with Gasteiger partial charge in [-0.2, -0.15) is 5.10 Å². The lowest BCUT2D eigenvalue weighted by Crippen LogP contribution is -2.20. The quantitative estimate of drug-likeness (QED) is 0.118. The number of nitrogens with zero attached hydrogens (tertiary/aromatic N) is 3. The van der Waals surface area contributed by atoms with E-state index in [1.807, 2.05) is 29.5 Å². The summed E-state index contributed by atoms with van der Waals surface area (Å²) in [6.07, 6.45) is 1.45. The molecule has 2 aromatic carbocycles. The second-order valence-corrected chi connectivity index (χ2v) is 9.86. The van der Waals surface area contributed by atoms with Gasteiger partial charge in [-0.25, -0.2) is 5.43 Å². The number of halogens is 3. The Hall–Kier alpha value is -2.75. The molecule has 0 atom stereocenters. The van der Waals surface area contributed by atoms with Crippen LogP contribution in [0, 0.1) is 3.57 Å². The van der Waals surface area contributed by atoms with Crippen LogP contribution in [0.3, 0.4) is 0 Å². The van der Waals surface area contributed by atoms with Crippen molar-refractivity contribution in [3.05, 3.63) is 55.4 Å². The molecule has 3 N–H and O–H groups in total. The van der Waals surface area contributed by atoms with Crippen LogP contribution in [0.1, 0.15) is 18.4 Å². The first kappa shape index (κ1) is 28.8. The molecule has 15 heteroatoms. The van der Waals surface area contributed by atoms with Crippen LogP contribution in [0.5, 0.6) is 17.2 Å². The van der Waals surface area contributed by atoms with Crippen molar-refractivity contribution in [2.75, 3.05) is 19.0 Å². The molecule has 3 rings (SSSR count). The molecule has 2 amide bonds. The van der Waals surface area contributed by atoms with Crippen molar-refractivity contribution in [2.45, 2.75) is 18.8 Å². The molecule has 1 aromatic heterocycles. The zero-order chi connectivity index (χ0) is 26.8. The first-order chi connectivity index (χ1) is 17.7. The monoisotopic (exact) mass is 679 g/mol. The first-order valence-corrected chi connectivity index (χ1v) is 13.3. The molecule has 196 valence electrons. The van der Waals surface area contributed by atoms with Gasteiger partial charge in [0, 0.05) is 5.02 Å². The highest BCUT2D eigenvalue weighted by molar-refractivity contribution is 14.1. The summed E-state index contributed by atoms with van der Waals surface area (Å²) in [4.78, 5) is 23.2. The number of primary amides is 1. The van der Waals surface area contributed by atoms with Crippen LogP contribution in [0.25, 0.3) is 0 Å². The second-order valence-electron chi connectivity index (χ2n) is 6.92. The molecule has 3 aromatic rings. The smallest absolute Gasteiger partial charge is 0.277 e. The van der Waals surface area contributed by atoms with E-state index in [9.17, 15) is 9.59 Å². The van der Waals surface area contributed by atoms with Crippen LogP contribution >= 0.6 is 57.6 Å². The van der Waals surface area contributed by atoms with E-state index in [2.05, 4.69) is 20.7 Å². The number of hydrogen-bond acceptors (Lipinski definition) is 10. The van der Waals surface area contributed by atoms with E-state index >= 15 is 0 Å². The summed E-state index contributed by atoms with van der Waals surface area (Å²) in [5, 5.41) is 12.8. The van der Waals surface area contributed by atoms with Gasteiger partial charge in [0.25, 0.3) is 22.9 Å². The lowest BCUT2D eigenvalue weighted by Gasteiger charge is -2.13. The van der Waals surface area contributed by atoms with Crippen molar-refractivity contribution < 1.29 is 28.2 Å². The number of ether oxygens (including phenoxy) is 3. The lowest BCUT2D eigenvalue weighted by molar-refractivity contribution is -0.120. The van der Waals surface area contributed by atoms with Crippen molar-refractivity contribution in [1.82, 2.24) is 15.6 Å². The number of carbonyl (C=O) groups is 2. The van der Waals surface area contributed by atoms with Gasteiger partial charge in [0.2, 0.25) is 0 Å². The Morgan fingerprint density at radius 1 is 1.19 bits per heavy atom. The van der Waals surface area contributed by atoms with E-state index in [0.29, 0.717) is 43.0 Å². The fraction of sp³-hybridized carbons (Fsp3) is 0.227. The minimum Gasteiger partial charge on any atom is -0.490 e. The van der Waals surface area contributed by atoms with E-state index in [0.717, 1.165) is 11.8 Å². The zero-order valence-corrected chi connectivity index (χ0v) is 23.7. The predicted molar refractivity (Wildman–Crippen MR) is 147 cm³/mol. The number of hydrogen-bond donors (Lipinski definition) is 2. The van der Waals surface area contributed by atoms with Gasteiger partial charge in [0.05, 0.1) is 27.2 Å². The van der Waals surface area contributed by atoms with Crippen molar-refractivity contribution >= 4 is 75.6 Å². The van der Waals surface area contributed by atoms with Gasteiger partial charge in [-0.05, 0) is 65.4 Å². The summed E-state index contributed by atoms with van der Waals surface area (Å²) in [7, 11) is 0. The number of amides is 2. The van der Waals surface area contributed by atoms with Gasteiger partial charge in [-0.3, -0.25) is 9.59 Å². The van der Waals surface area contributed by atoms with E-state index in [4.69, 9.17) is 47.6 Å². The van der Waals surface area contributed by atoms with E-state index in [1.54, 1.807) is 30.3 Å². The minimum absolute atomic E-state index is 0.000293. The van der Waals surface area contributed by atoms with Crippen LogP contribution < -0.4 is 25.4 Å². The van der Waals surface area contributed by atoms with Crippen LogP contribution in [0.15, 0.2) is 45.1 Å². The largest absolute Gasteiger partial charge is 0.490 e. The Balaban J connectivity index is 1.49. The number of aromatic nitrogens is 2. The molecule has 0 aliphatic carbocycles. The zero-order valence-electron chi connectivity index (χ0n) is 19.2. The third kappa shape index (κ3) is 9.25. The molecular weight excluding hydrogens is 660 g/mol. The van der Waals surface area contributed by atoms with Crippen LogP contribution in [0.2, 0.25) is 10.0 Å². The maximum absolute atomic E-state index is 12.2. The van der Waals surface area contributed by atoms with Crippen LogP contribution in [0.4, 0.5) is 0 Å².